The summed E-state index contributed by atoms with van der Waals surface area (Å²) in [5.74, 6) is 0.471. The van der Waals surface area contributed by atoms with Gasteiger partial charge in [-0.1, -0.05) is 36.0 Å². The molecule has 5 rings (SSSR count). The molecule has 160 valence electrons. The van der Waals surface area contributed by atoms with Gasteiger partial charge in [0.1, 0.15) is 17.4 Å². The molecule has 0 saturated carbocycles. The first kappa shape index (κ1) is 20.3. The molecule has 1 N–H and O–H groups in total. The number of nitrogens with one attached hydrogen (secondary N) is 1. The summed E-state index contributed by atoms with van der Waals surface area (Å²) in [4.78, 5) is 37.5. The number of para-hydroxylation sites is 2. The largest absolute Gasteiger partial charge is 0.354 e. The van der Waals surface area contributed by atoms with Crippen molar-refractivity contribution < 1.29 is 9.59 Å². The maximum absolute atomic E-state index is 13.3. The van der Waals surface area contributed by atoms with Crippen LogP contribution in [-0.2, 0) is 18.3 Å². The van der Waals surface area contributed by atoms with E-state index in [0.717, 1.165) is 21.8 Å². The number of hydrogen-bond acceptors (Lipinski definition) is 5. The number of amides is 2. The minimum absolute atomic E-state index is 0.0744. The van der Waals surface area contributed by atoms with Gasteiger partial charge in [-0.2, -0.15) is 0 Å². The minimum atomic E-state index is -0.226. The van der Waals surface area contributed by atoms with Crippen molar-refractivity contribution in [2.75, 3.05) is 18.0 Å². The normalized spacial score (nSPS) is 12.9. The third-order valence-corrected chi connectivity index (χ3v) is 6.55. The molecule has 0 spiro atoms. The molecule has 0 atom stereocenters. The molecule has 3 heterocycles. The second-order valence-electron chi connectivity index (χ2n) is 7.49. The zero-order chi connectivity index (χ0) is 22.1. The smallest absolute Gasteiger partial charge is 0.259 e. The number of nitrogens with zero attached hydrogens (tertiary/aromatic N) is 4. The number of hydrogen-bond donors (Lipinski definition) is 1. The van der Waals surface area contributed by atoms with Gasteiger partial charge in [0.05, 0.1) is 22.3 Å². The highest BCUT2D eigenvalue weighted by molar-refractivity contribution is 7.99. The van der Waals surface area contributed by atoms with Crippen LogP contribution in [0.4, 0.5) is 5.69 Å². The third-order valence-electron chi connectivity index (χ3n) is 5.46. The number of carbonyl (C=O) groups excluding carboxylic acids is 2. The summed E-state index contributed by atoms with van der Waals surface area (Å²) < 4.78 is 2.04. The van der Waals surface area contributed by atoms with Crippen molar-refractivity contribution in [3.8, 4) is 0 Å². The molecule has 0 bridgehead atoms. The van der Waals surface area contributed by atoms with Crippen molar-refractivity contribution >= 4 is 40.3 Å². The molecular weight excluding hydrogens is 422 g/mol. The lowest BCUT2D eigenvalue weighted by molar-refractivity contribution is -0.119. The predicted octanol–water partition coefficient (Wildman–Crippen LogP) is 3.44. The van der Waals surface area contributed by atoms with Gasteiger partial charge < -0.3 is 9.88 Å². The van der Waals surface area contributed by atoms with Gasteiger partial charge in [-0.3, -0.25) is 14.5 Å². The lowest BCUT2D eigenvalue weighted by Gasteiger charge is -2.21. The van der Waals surface area contributed by atoms with Crippen molar-refractivity contribution in [1.29, 1.82) is 0 Å². The Balaban J connectivity index is 1.31. The number of aryl methyl sites for hydroxylation is 1. The lowest BCUT2D eigenvalue weighted by Crippen LogP contribution is -2.41. The third kappa shape index (κ3) is 3.73. The van der Waals surface area contributed by atoms with Crippen LogP contribution in [0.3, 0.4) is 0 Å². The van der Waals surface area contributed by atoms with Crippen LogP contribution in [-0.4, -0.2) is 39.4 Å². The molecule has 0 fully saturated rings. The van der Waals surface area contributed by atoms with Crippen molar-refractivity contribution in [2.24, 2.45) is 7.05 Å². The summed E-state index contributed by atoms with van der Waals surface area (Å²) >= 11 is 1.44. The van der Waals surface area contributed by atoms with Gasteiger partial charge in [0.15, 0.2) is 0 Å². The average Bonchev–Trinajstić information content (AvgIpc) is 3.07. The molecule has 32 heavy (non-hydrogen) atoms. The van der Waals surface area contributed by atoms with Crippen molar-refractivity contribution in [3.05, 3.63) is 78.2 Å². The number of pyridine rings is 1. The van der Waals surface area contributed by atoms with Crippen LogP contribution in [0.5, 0.6) is 0 Å². The number of carbonyl (C=O) groups is 2. The number of fused-ring (bicyclic) bond motifs is 3. The van der Waals surface area contributed by atoms with Gasteiger partial charge in [0.25, 0.3) is 5.91 Å². The summed E-state index contributed by atoms with van der Waals surface area (Å²) in [5.41, 5.74) is 3.21. The van der Waals surface area contributed by atoms with Crippen LogP contribution in [0.15, 0.2) is 76.8 Å². The van der Waals surface area contributed by atoms with Gasteiger partial charge in [-0.25, -0.2) is 9.97 Å². The second-order valence-corrected chi connectivity index (χ2v) is 8.52. The highest BCUT2D eigenvalue weighted by atomic mass is 32.2. The topological polar surface area (TPSA) is 80.1 Å². The van der Waals surface area contributed by atoms with Crippen LogP contribution in [0.25, 0.3) is 11.0 Å². The fraction of sp³-hybridized carbons (Fsp3) is 0.167. The zero-order valence-electron chi connectivity index (χ0n) is 17.5. The van der Waals surface area contributed by atoms with Gasteiger partial charge in [-0.05, 0) is 36.4 Å². The van der Waals surface area contributed by atoms with Crippen LogP contribution in [0.2, 0.25) is 0 Å². The van der Waals surface area contributed by atoms with Crippen LogP contribution >= 0.6 is 11.8 Å². The summed E-state index contributed by atoms with van der Waals surface area (Å²) in [6, 6.07) is 19.0. The summed E-state index contributed by atoms with van der Waals surface area (Å²) in [5, 5.41) is 3.64. The molecule has 7 nitrogen and oxygen atoms in total. The molecule has 1 aliphatic rings. The molecule has 8 heteroatoms. The van der Waals surface area contributed by atoms with E-state index in [1.165, 1.54) is 16.7 Å². The number of rotatable bonds is 5. The van der Waals surface area contributed by atoms with Crippen LogP contribution < -0.4 is 10.2 Å². The molecule has 1 aliphatic heterocycles. The molecular formula is C24H21N5O2S. The van der Waals surface area contributed by atoms with E-state index in [-0.39, 0.29) is 18.4 Å². The van der Waals surface area contributed by atoms with Crippen molar-refractivity contribution in [2.45, 2.75) is 16.3 Å². The molecule has 4 aromatic rings. The first-order valence-electron chi connectivity index (χ1n) is 10.3. The van der Waals surface area contributed by atoms with Gasteiger partial charge in [-0.15, -0.1) is 0 Å². The van der Waals surface area contributed by atoms with E-state index in [9.17, 15) is 9.59 Å². The Morgan fingerprint density at radius 2 is 1.88 bits per heavy atom. The molecule has 2 amide bonds. The van der Waals surface area contributed by atoms with Gasteiger partial charge >= 0.3 is 0 Å². The highest BCUT2D eigenvalue weighted by Crippen LogP contribution is 2.39. The van der Waals surface area contributed by atoms with Crippen LogP contribution in [0, 0.1) is 0 Å². The van der Waals surface area contributed by atoms with Crippen molar-refractivity contribution in [3.63, 3.8) is 0 Å². The van der Waals surface area contributed by atoms with E-state index < -0.39 is 0 Å². The maximum Gasteiger partial charge on any atom is 0.259 e. The minimum Gasteiger partial charge on any atom is -0.354 e. The number of benzene rings is 2. The van der Waals surface area contributed by atoms with E-state index in [1.807, 2.05) is 60.1 Å². The van der Waals surface area contributed by atoms with E-state index in [1.54, 1.807) is 18.3 Å². The highest BCUT2D eigenvalue weighted by Gasteiger charge is 2.29. The van der Waals surface area contributed by atoms with E-state index in [4.69, 9.17) is 0 Å². The van der Waals surface area contributed by atoms with Crippen molar-refractivity contribution in [1.82, 2.24) is 19.9 Å². The maximum atomic E-state index is 13.3. The number of imidazole rings is 1. The fourth-order valence-electron chi connectivity index (χ4n) is 3.85. The Hall–Kier alpha value is -3.65. The van der Waals surface area contributed by atoms with E-state index >= 15 is 0 Å². The Labute approximate surface area is 189 Å². The molecule has 0 unspecified atom stereocenters. The Kier molecular flexibility index (Phi) is 5.36. The average molecular weight is 444 g/mol. The summed E-state index contributed by atoms with van der Waals surface area (Å²) in [6.07, 6.45) is 2.29. The van der Waals surface area contributed by atoms with E-state index in [2.05, 4.69) is 15.3 Å². The molecule has 0 aliphatic carbocycles. The Bertz CT molecular complexity index is 1330. The molecule has 2 aromatic heterocycles. The Morgan fingerprint density at radius 3 is 2.75 bits per heavy atom. The SMILES string of the molecule is Cn1c(CCNC(=O)CN2C(=O)c3ccccc3Sc3ncccc32)nc2ccccc21. The van der Waals surface area contributed by atoms with Gasteiger partial charge in [0, 0.05) is 31.1 Å². The second kappa shape index (κ2) is 8.47. The molecule has 0 saturated heterocycles. The number of aromatic nitrogens is 3. The molecule has 0 radical (unpaired) electrons. The molecule has 2 aromatic carbocycles. The number of anilines is 1. The summed E-state index contributed by atoms with van der Waals surface area (Å²) in [6.45, 7) is 0.359. The summed E-state index contributed by atoms with van der Waals surface area (Å²) in [7, 11) is 1.97. The van der Waals surface area contributed by atoms with Crippen LogP contribution in [0.1, 0.15) is 16.2 Å². The van der Waals surface area contributed by atoms with E-state index in [0.29, 0.717) is 29.2 Å². The monoisotopic (exact) mass is 443 g/mol. The quantitative estimate of drug-likeness (QED) is 0.511. The Morgan fingerprint density at radius 1 is 1.06 bits per heavy atom. The first-order chi connectivity index (χ1) is 15.6. The standard InChI is InChI=1S/C24H21N5O2S/c1-28-18-9-4-3-8-17(18)27-21(28)12-14-25-22(30)15-29-19-10-6-13-26-23(19)32-20-11-5-2-7-16(20)24(29)31/h2-11,13H,12,14-15H2,1H3,(H,25,30). The van der Waals surface area contributed by atoms with Gasteiger partial charge in [0.2, 0.25) is 5.91 Å². The predicted molar refractivity (Wildman–Crippen MR) is 124 cm³/mol. The fourth-order valence-corrected chi connectivity index (χ4v) is 4.86. The first-order valence-corrected chi connectivity index (χ1v) is 11.1. The lowest BCUT2D eigenvalue weighted by atomic mass is 10.2. The zero-order valence-corrected chi connectivity index (χ0v) is 18.3.